The average Bonchev–Trinajstić information content (AvgIpc) is 2.89. The number of morpholine rings is 1. The van der Waals surface area contributed by atoms with Crippen molar-refractivity contribution >= 4 is 48.2 Å². The number of halogens is 1. The van der Waals surface area contributed by atoms with Gasteiger partial charge in [-0.05, 0) is 28.6 Å². The largest absolute Gasteiger partial charge is 0.378 e. The molecule has 126 valence electrons. The van der Waals surface area contributed by atoms with Crippen LogP contribution in [0.5, 0.6) is 0 Å². The van der Waals surface area contributed by atoms with Crippen LogP contribution in [-0.4, -0.2) is 56.2 Å². The number of nitrogens with zero attached hydrogens (tertiary/aromatic N) is 4. The third-order valence-corrected chi connectivity index (χ3v) is 6.18. The summed E-state index contributed by atoms with van der Waals surface area (Å²) in [5.41, 5.74) is 0.952. The van der Waals surface area contributed by atoms with Gasteiger partial charge in [0.25, 0.3) is 0 Å². The molecule has 3 rings (SSSR count). The van der Waals surface area contributed by atoms with E-state index in [1.807, 2.05) is 0 Å². The molecule has 0 amide bonds. The van der Waals surface area contributed by atoms with Crippen LogP contribution in [0.4, 0.5) is 5.82 Å². The lowest BCUT2D eigenvalue weighted by Gasteiger charge is -2.28. The molecule has 2 aromatic heterocycles. The Hall–Kier alpha value is -0.713. The molecule has 1 aliphatic rings. The fourth-order valence-electron chi connectivity index (χ4n) is 2.66. The van der Waals surface area contributed by atoms with Crippen molar-refractivity contribution in [2.75, 3.05) is 37.8 Å². The van der Waals surface area contributed by atoms with Gasteiger partial charge in [-0.3, -0.25) is 0 Å². The van der Waals surface area contributed by atoms with Gasteiger partial charge in [0.05, 0.1) is 18.6 Å². The first-order chi connectivity index (χ1) is 11.2. The number of aromatic nitrogens is 3. The smallest absolute Gasteiger partial charge is 0.148 e. The van der Waals surface area contributed by atoms with E-state index in [0.717, 1.165) is 49.8 Å². The van der Waals surface area contributed by atoms with Gasteiger partial charge >= 0.3 is 0 Å². The molecular weight excluding hydrogens is 423 g/mol. The Labute approximate surface area is 151 Å². The van der Waals surface area contributed by atoms with E-state index in [9.17, 15) is 0 Å². The summed E-state index contributed by atoms with van der Waals surface area (Å²) in [4.78, 5) is 11.3. The highest BCUT2D eigenvalue weighted by Gasteiger charge is 2.19. The van der Waals surface area contributed by atoms with Gasteiger partial charge in [0.15, 0.2) is 0 Å². The highest BCUT2D eigenvalue weighted by Crippen LogP contribution is 2.29. The van der Waals surface area contributed by atoms with E-state index in [2.05, 4.69) is 61.3 Å². The molecule has 0 N–H and O–H groups in total. The van der Waals surface area contributed by atoms with Crippen molar-refractivity contribution in [3.63, 3.8) is 0 Å². The van der Waals surface area contributed by atoms with E-state index in [-0.39, 0.29) is 0 Å². The molecule has 0 bridgehead atoms. The second kappa shape index (κ2) is 7.91. The third-order valence-electron chi connectivity index (χ3n) is 3.97. The van der Waals surface area contributed by atoms with Crippen molar-refractivity contribution in [3.8, 4) is 0 Å². The Kier molecular flexibility index (Phi) is 5.89. The summed E-state index contributed by atoms with van der Waals surface area (Å²) in [7, 11) is -0.548. The highest BCUT2D eigenvalue weighted by atomic mass is 127. The van der Waals surface area contributed by atoms with Crippen LogP contribution < -0.4 is 4.90 Å². The summed E-state index contributed by atoms with van der Waals surface area (Å²) in [5.74, 6) is 1.01. The van der Waals surface area contributed by atoms with Gasteiger partial charge in [0.2, 0.25) is 0 Å². The second-order valence-corrected chi connectivity index (χ2v) is 10.7. The van der Waals surface area contributed by atoms with E-state index >= 15 is 0 Å². The molecule has 1 saturated heterocycles. The summed E-state index contributed by atoms with van der Waals surface area (Å²) in [6.07, 6.45) is 3.76. The van der Waals surface area contributed by atoms with Crippen molar-refractivity contribution < 1.29 is 9.47 Å². The molecular formula is C15H23IN4O2Si. The summed E-state index contributed by atoms with van der Waals surface area (Å²) >= 11 is 2.36. The van der Waals surface area contributed by atoms with Crippen molar-refractivity contribution in [2.24, 2.45) is 0 Å². The fraction of sp³-hybridized carbons (Fsp3) is 0.600. The first-order valence-electron chi connectivity index (χ1n) is 8.06. The van der Waals surface area contributed by atoms with Crippen LogP contribution in [0.1, 0.15) is 0 Å². The zero-order valence-electron chi connectivity index (χ0n) is 13.7. The van der Waals surface area contributed by atoms with Gasteiger partial charge in [0.1, 0.15) is 24.5 Å². The maximum atomic E-state index is 5.84. The van der Waals surface area contributed by atoms with Crippen LogP contribution in [0.2, 0.25) is 19.1 Å². The van der Waals surface area contributed by atoms with Crippen LogP contribution in [0.25, 0.3) is 11.0 Å². The normalized spacial score (nSPS) is 15.7. The Balaban J connectivity index is 1.81. The lowest BCUT2D eigenvalue weighted by atomic mass is 10.3. The number of hydrogen-bond donors (Lipinski definition) is 0. The molecule has 6 nitrogen and oxygen atoms in total. The van der Waals surface area contributed by atoms with Gasteiger partial charge < -0.3 is 18.9 Å². The van der Waals surface area contributed by atoms with Crippen molar-refractivity contribution in [2.45, 2.75) is 25.9 Å². The topological polar surface area (TPSA) is 52.4 Å². The predicted molar refractivity (Wildman–Crippen MR) is 103 cm³/mol. The third kappa shape index (κ3) is 4.04. The molecule has 0 atom stereocenters. The average molecular weight is 446 g/mol. The molecule has 23 heavy (non-hydrogen) atoms. The molecule has 0 unspecified atom stereocenters. The molecule has 0 saturated carbocycles. The van der Waals surface area contributed by atoms with Crippen molar-refractivity contribution in [1.82, 2.24) is 14.5 Å². The van der Waals surface area contributed by atoms with Crippen LogP contribution >= 0.6 is 22.6 Å². The summed E-state index contributed by atoms with van der Waals surface area (Å²) in [6, 6.07) is 1.21. The van der Waals surface area contributed by atoms with Gasteiger partial charge in [0, 0.05) is 38.3 Å². The van der Waals surface area contributed by atoms with E-state index in [1.165, 1.54) is 9.61 Å². The number of ether oxygens (including phenoxy) is 2. The van der Waals surface area contributed by atoms with Crippen LogP contribution in [0.3, 0.4) is 0 Å². The van der Waals surface area contributed by atoms with Gasteiger partial charge in [-0.2, -0.15) is 0 Å². The lowest BCUT2D eigenvalue weighted by molar-refractivity contribution is 0.0901. The number of rotatable bonds is 6. The van der Waals surface area contributed by atoms with Crippen molar-refractivity contribution in [3.05, 3.63) is 16.1 Å². The van der Waals surface area contributed by atoms with E-state index in [1.54, 1.807) is 6.33 Å². The standard InChI is InChI=1S/C15H23IN4O2Si/c1-23(2)8-7-22-11-20-9-12(16)13-14(17-10-18-15(13)20)19-3-5-21-6-4-19/h9-10,23H,3-8,11H2,1-2H3. The second-order valence-electron chi connectivity index (χ2n) is 6.16. The lowest BCUT2D eigenvalue weighted by Crippen LogP contribution is -2.36. The minimum Gasteiger partial charge on any atom is -0.378 e. The summed E-state index contributed by atoms with van der Waals surface area (Å²) in [5, 5.41) is 1.12. The van der Waals surface area contributed by atoms with Crippen LogP contribution in [-0.2, 0) is 16.2 Å². The molecule has 0 aliphatic carbocycles. The monoisotopic (exact) mass is 446 g/mol. The minimum absolute atomic E-state index is 0.548. The Morgan fingerprint density at radius 1 is 1.30 bits per heavy atom. The molecule has 3 heterocycles. The van der Waals surface area contributed by atoms with Crippen LogP contribution in [0.15, 0.2) is 12.5 Å². The van der Waals surface area contributed by atoms with E-state index < -0.39 is 8.80 Å². The molecule has 1 aliphatic heterocycles. The first kappa shape index (κ1) is 17.1. The Morgan fingerprint density at radius 3 is 2.83 bits per heavy atom. The van der Waals surface area contributed by atoms with Gasteiger partial charge in [-0.1, -0.05) is 13.1 Å². The summed E-state index contributed by atoms with van der Waals surface area (Å²) in [6.45, 7) is 9.35. The van der Waals surface area contributed by atoms with Gasteiger partial charge in [-0.25, -0.2) is 9.97 Å². The SMILES string of the molecule is C[SiH](C)CCOCn1cc(I)c2c(N3CCOCC3)ncnc21. The Bertz CT molecular complexity index is 658. The molecule has 0 aromatic carbocycles. The maximum Gasteiger partial charge on any atom is 0.148 e. The highest BCUT2D eigenvalue weighted by molar-refractivity contribution is 14.1. The zero-order valence-corrected chi connectivity index (χ0v) is 17.0. The number of hydrogen-bond acceptors (Lipinski definition) is 5. The number of fused-ring (bicyclic) bond motifs is 1. The zero-order chi connectivity index (χ0) is 16.2. The van der Waals surface area contributed by atoms with Gasteiger partial charge in [-0.15, -0.1) is 0 Å². The van der Waals surface area contributed by atoms with E-state index in [0.29, 0.717) is 6.73 Å². The molecule has 1 fully saturated rings. The first-order valence-corrected chi connectivity index (χ1v) is 12.3. The van der Waals surface area contributed by atoms with Crippen LogP contribution in [0, 0.1) is 3.57 Å². The Morgan fingerprint density at radius 2 is 2.09 bits per heavy atom. The quantitative estimate of drug-likeness (QED) is 0.388. The predicted octanol–water partition coefficient (Wildman–Crippen LogP) is 2.33. The molecule has 0 spiro atoms. The molecule has 2 aromatic rings. The minimum atomic E-state index is -0.548. The molecule has 0 radical (unpaired) electrons. The summed E-state index contributed by atoms with van der Waals surface area (Å²) < 4.78 is 14.5. The maximum absolute atomic E-state index is 5.84. The van der Waals surface area contributed by atoms with E-state index in [4.69, 9.17) is 9.47 Å². The number of anilines is 1. The molecule has 8 heteroatoms. The van der Waals surface area contributed by atoms with Crippen molar-refractivity contribution in [1.29, 1.82) is 0 Å². The fourth-order valence-corrected chi connectivity index (χ4v) is 4.11.